The average Bonchev–Trinajstić information content (AvgIpc) is 3.44. The lowest BCUT2D eigenvalue weighted by molar-refractivity contribution is 0.0758. The molecule has 0 aliphatic carbocycles. The summed E-state index contributed by atoms with van der Waals surface area (Å²) in [6, 6.07) is 19.2. The van der Waals surface area contributed by atoms with Gasteiger partial charge in [-0.25, -0.2) is 13.4 Å². The van der Waals surface area contributed by atoms with E-state index in [1.54, 1.807) is 56.7 Å². The fourth-order valence-corrected chi connectivity index (χ4v) is 5.50. The number of ether oxygens (including phenoxy) is 2. The van der Waals surface area contributed by atoms with Gasteiger partial charge in [-0.2, -0.15) is 9.52 Å². The molecule has 2 N–H and O–H groups in total. The Hall–Kier alpha value is -3.87. The van der Waals surface area contributed by atoms with Crippen LogP contribution < -0.4 is 9.47 Å². The van der Waals surface area contributed by atoms with Gasteiger partial charge in [0.2, 0.25) is 15.8 Å². The number of aliphatic hydroxyl groups is 1. The fraction of sp³-hybridized carbons (Fsp3) is 0.280. The van der Waals surface area contributed by atoms with Crippen molar-refractivity contribution < 1.29 is 23.0 Å². The molecule has 1 unspecified atom stereocenters. The van der Waals surface area contributed by atoms with Gasteiger partial charge in [-0.1, -0.05) is 30.3 Å². The lowest BCUT2D eigenvalue weighted by atomic mass is 10.0. The summed E-state index contributed by atoms with van der Waals surface area (Å²) >= 11 is 0. The number of sulfonamides is 1. The van der Waals surface area contributed by atoms with Gasteiger partial charge in [-0.3, -0.25) is 0 Å². The number of aromatic amines is 1. The number of tetrazole rings is 1. The van der Waals surface area contributed by atoms with Crippen LogP contribution in [0.5, 0.6) is 11.5 Å². The number of hydrogen-bond donors (Lipinski definition) is 2. The summed E-state index contributed by atoms with van der Waals surface area (Å²) in [4.78, 5) is 4.39. The maximum Gasteiger partial charge on any atom is 0.222 e. The van der Waals surface area contributed by atoms with Crippen LogP contribution in [0.3, 0.4) is 0 Å². The third-order valence-electron chi connectivity index (χ3n) is 5.77. The van der Waals surface area contributed by atoms with Crippen molar-refractivity contribution in [2.75, 3.05) is 20.0 Å². The van der Waals surface area contributed by atoms with Crippen molar-refractivity contribution in [3.05, 3.63) is 83.6 Å². The molecule has 2 heterocycles. The maximum absolute atomic E-state index is 13.7. The topological polar surface area (TPSA) is 143 Å². The Morgan fingerprint density at radius 2 is 1.49 bits per heavy atom. The highest BCUT2D eigenvalue weighted by molar-refractivity contribution is 7.89. The van der Waals surface area contributed by atoms with Gasteiger partial charge in [0, 0.05) is 13.1 Å². The van der Waals surface area contributed by atoms with Gasteiger partial charge >= 0.3 is 0 Å². The van der Waals surface area contributed by atoms with Crippen LogP contribution in [0, 0.1) is 0 Å². The molecule has 0 spiro atoms. The van der Waals surface area contributed by atoms with Gasteiger partial charge in [-0.15, -0.1) is 10.2 Å². The van der Waals surface area contributed by atoms with Crippen molar-refractivity contribution in [3.8, 4) is 23.0 Å². The molecule has 0 aliphatic rings. The molecule has 0 amide bonds. The second-order valence-corrected chi connectivity index (χ2v) is 10.6. The summed E-state index contributed by atoms with van der Waals surface area (Å²) < 4.78 is 39.2. The van der Waals surface area contributed by atoms with Crippen LogP contribution in [0.2, 0.25) is 0 Å². The van der Waals surface area contributed by atoms with E-state index >= 15 is 0 Å². The average molecular weight is 525 g/mol. The van der Waals surface area contributed by atoms with E-state index in [0.29, 0.717) is 17.2 Å². The summed E-state index contributed by atoms with van der Waals surface area (Å²) in [6.45, 7) is 1.63. The third-order valence-corrected chi connectivity index (χ3v) is 7.74. The zero-order valence-electron chi connectivity index (χ0n) is 20.7. The molecule has 2 aromatic heterocycles. The number of nitrogens with zero attached hydrogens (tertiary/aromatic N) is 5. The van der Waals surface area contributed by atoms with Crippen LogP contribution in [0.25, 0.3) is 11.5 Å². The molecule has 2 aromatic carbocycles. The Morgan fingerprint density at radius 1 is 0.919 bits per heavy atom. The monoisotopic (exact) mass is 524 g/mol. The van der Waals surface area contributed by atoms with Crippen molar-refractivity contribution in [1.82, 2.24) is 29.9 Å². The molecule has 194 valence electrons. The van der Waals surface area contributed by atoms with Gasteiger partial charge < -0.3 is 14.6 Å². The molecule has 4 rings (SSSR count). The number of rotatable bonds is 11. The van der Waals surface area contributed by atoms with E-state index in [-0.39, 0.29) is 24.6 Å². The minimum Gasteiger partial charge on any atom is -0.497 e. The predicted octanol–water partition coefficient (Wildman–Crippen LogP) is 2.52. The summed E-state index contributed by atoms with van der Waals surface area (Å²) in [6.07, 6.45) is 0. The Labute approximate surface area is 215 Å². The van der Waals surface area contributed by atoms with Crippen LogP contribution in [-0.4, -0.2) is 63.4 Å². The van der Waals surface area contributed by atoms with Crippen molar-refractivity contribution in [2.45, 2.75) is 25.6 Å². The molecule has 0 aliphatic heterocycles. The number of methoxy groups -OCH3 is 2. The van der Waals surface area contributed by atoms with Gasteiger partial charge in [0.15, 0.2) is 0 Å². The molecule has 0 saturated carbocycles. The van der Waals surface area contributed by atoms with E-state index in [1.807, 2.05) is 24.3 Å². The maximum atomic E-state index is 13.7. The molecule has 37 heavy (non-hydrogen) atoms. The van der Waals surface area contributed by atoms with E-state index < -0.39 is 21.4 Å². The van der Waals surface area contributed by atoms with E-state index in [0.717, 1.165) is 11.1 Å². The molecule has 0 fully saturated rings. The lowest BCUT2D eigenvalue weighted by Gasteiger charge is -2.28. The molecule has 0 radical (unpaired) electrons. The molecule has 1 atom stereocenters. The third kappa shape index (κ3) is 6.47. The highest BCUT2D eigenvalue weighted by Gasteiger charge is 2.35. The first-order valence-corrected chi connectivity index (χ1v) is 13.0. The standard InChI is InChI=1S/C25H28N6O5S/c1-25(32,23-6-4-5-22(26-23)24-27-29-30-28-24)17-37(33,34)31(15-18-7-11-20(35-2)12-8-18)16-19-9-13-21(36-3)14-10-19/h4-14,32H,15-17H2,1-3H3,(H,27,28,29,30). The van der Waals surface area contributed by atoms with E-state index in [2.05, 4.69) is 25.6 Å². The fourth-order valence-electron chi connectivity index (χ4n) is 3.77. The van der Waals surface area contributed by atoms with Crippen molar-refractivity contribution >= 4 is 10.0 Å². The summed E-state index contributed by atoms with van der Waals surface area (Å²) in [7, 11) is -0.854. The van der Waals surface area contributed by atoms with E-state index in [4.69, 9.17) is 9.47 Å². The normalized spacial score (nSPS) is 13.3. The van der Waals surface area contributed by atoms with Crippen LogP contribution in [-0.2, 0) is 28.7 Å². The molecule has 0 saturated heterocycles. The highest BCUT2D eigenvalue weighted by atomic mass is 32.2. The first kappa shape index (κ1) is 26.2. The van der Waals surface area contributed by atoms with Crippen molar-refractivity contribution in [1.29, 1.82) is 0 Å². The predicted molar refractivity (Wildman–Crippen MR) is 136 cm³/mol. The summed E-state index contributed by atoms with van der Waals surface area (Å²) in [5.41, 5.74) is 0.283. The number of benzene rings is 2. The number of aromatic nitrogens is 5. The van der Waals surface area contributed by atoms with Gasteiger partial charge in [0.05, 0.1) is 25.7 Å². The Balaban J connectivity index is 1.62. The van der Waals surface area contributed by atoms with Gasteiger partial charge in [0.1, 0.15) is 22.8 Å². The number of nitrogens with one attached hydrogen (secondary N) is 1. The molecular formula is C25H28N6O5S. The van der Waals surface area contributed by atoms with Gasteiger partial charge in [0.25, 0.3) is 0 Å². The Kier molecular flexibility index (Phi) is 7.81. The summed E-state index contributed by atoms with van der Waals surface area (Å²) in [5, 5.41) is 25.0. The molecular weight excluding hydrogens is 496 g/mol. The first-order chi connectivity index (χ1) is 17.7. The molecule has 0 bridgehead atoms. The second-order valence-electron chi connectivity index (χ2n) is 8.64. The minimum absolute atomic E-state index is 0.102. The zero-order valence-corrected chi connectivity index (χ0v) is 21.5. The highest BCUT2D eigenvalue weighted by Crippen LogP contribution is 2.27. The van der Waals surface area contributed by atoms with Crippen molar-refractivity contribution in [3.63, 3.8) is 0 Å². The SMILES string of the molecule is COc1ccc(CN(Cc2ccc(OC)cc2)S(=O)(=O)CC(C)(O)c2cccc(-c3nn[nH]n3)n2)cc1. The number of hydrogen-bond acceptors (Lipinski definition) is 9. The molecule has 12 heteroatoms. The Morgan fingerprint density at radius 3 is 1.97 bits per heavy atom. The second kappa shape index (κ2) is 11.0. The zero-order chi connectivity index (χ0) is 26.5. The number of H-pyrrole nitrogens is 1. The number of pyridine rings is 1. The largest absolute Gasteiger partial charge is 0.497 e. The molecule has 11 nitrogen and oxygen atoms in total. The first-order valence-electron chi connectivity index (χ1n) is 11.4. The quantitative estimate of drug-likeness (QED) is 0.302. The van der Waals surface area contributed by atoms with E-state index in [1.165, 1.54) is 11.2 Å². The summed E-state index contributed by atoms with van der Waals surface area (Å²) in [5.74, 6) is 0.989. The lowest BCUT2D eigenvalue weighted by Crippen LogP contribution is -2.40. The van der Waals surface area contributed by atoms with Crippen LogP contribution in [0.4, 0.5) is 0 Å². The smallest absolute Gasteiger partial charge is 0.222 e. The Bertz CT molecular complexity index is 1360. The van der Waals surface area contributed by atoms with Crippen molar-refractivity contribution in [2.24, 2.45) is 0 Å². The van der Waals surface area contributed by atoms with Gasteiger partial charge in [-0.05, 0) is 59.7 Å². The van der Waals surface area contributed by atoms with E-state index in [9.17, 15) is 13.5 Å². The van der Waals surface area contributed by atoms with Crippen LogP contribution in [0.15, 0.2) is 66.7 Å². The van der Waals surface area contributed by atoms with Crippen LogP contribution >= 0.6 is 0 Å². The minimum atomic E-state index is -3.99. The van der Waals surface area contributed by atoms with Crippen LogP contribution in [0.1, 0.15) is 23.7 Å². The molecule has 4 aromatic rings.